The van der Waals surface area contributed by atoms with Crippen molar-refractivity contribution in [1.29, 1.82) is 0 Å². The molecule has 1 aliphatic heterocycles. The predicted molar refractivity (Wildman–Crippen MR) is 96.7 cm³/mol. The molecule has 3 heteroatoms. The summed E-state index contributed by atoms with van der Waals surface area (Å²) in [6.45, 7) is 3.00. The maximum atomic E-state index is 6.59. The Morgan fingerprint density at radius 2 is 2.04 bits per heavy atom. The number of ether oxygens (including phenoxy) is 3. The highest BCUT2D eigenvalue weighted by molar-refractivity contribution is 5.42. The van der Waals surface area contributed by atoms with Crippen LogP contribution in [0.15, 0.2) is 18.2 Å². The van der Waals surface area contributed by atoms with Crippen molar-refractivity contribution in [1.82, 2.24) is 0 Å². The highest BCUT2D eigenvalue weighted by Crippen LogP contribution is 2.39. The van der Waals surface area contributed by atoms with E-state index in [0.29, 0.717) is 18.6 Å². The zero-order valence-electron chi connectivity index (χ0n) is 15.4. The minimum atomic E-state index is 0.232. The summed E-state index contributed by atoms with van der Waals surface area (Å²) in [4.78, 5) is 0. The molecule has 0 amide bonds. The molecule has 1 heterocycles. The van der Waals surface area contributed by atoms with Crippen LogP contribution < -0.4 is 4.74 Å². The van der Waals surface area contributed by atoms with E-state index < -0.39 is 0 Å². The van der Waals surface area contributed by atoms with Crippen molar-refractivity contribution in [3.63, 3.8) is 0 Å². The van der Waals surface area contributed by atoms with E-state index in [1.165, 1.54) is 36.8 Å². The standard InChI is InChI=1S/C21H32O3/c1-4-6-15-9-10-17-12-16-7-5-8-20(23-3)19(16)13-21(17)24-18(11-15)14-22-2/h5,7-8,15,17-18,21H,4,6,9-14H2,1-3H3/t15-,17?,18-,21-/m1/s1. The number of hydrogen-bond acceptors (Lipinski definition) is 3. The van der Waals surface area contributed by atoms with Crippen LogP contribution in [0.4, 0.5) is 0 Å². The number of benzene rings is 1. The Balaban J connectivity index is 1.80. The van der Waals surface area contributed by atoms with Gasteiger partial charge in [-0.3, -0.25) is 0 Å². The molecule has 3 nitrogen and oxygen atoms in total. The van der Waals surface area contributed by atoms with E-state index in [1.54, 1.807) is 14.2 Å². The van der Waals surface area contributed by atoms with Gasteiger partial charge in [0.2, 0.25) is 0 Å². The van der Waals surface area contributed by atoms with Crippen LogP contribution in [0.2, 0.25) is 0 Å². The average Bonchev–Trinajstić information content (AvgIpc) is 2.58. The number of hydrogen-bond donors (Lipinski definition) is 0. The van der Waals surface area contributed by atoms with Gasteiger partial charge in [0, 0.05) is 13.5 Å². The normalized spacial score (nSPS) is 30.0. The summed E-state index contributed by atoms with van der Waals surface area (Å²) in [7, 11) is 3.55. The van der Waals surface area contributed by atoms with E-state index in [2.05, 4.69) is 25.1 Å². The fourth-order valence-electron chi connectivity index (χ4n) is 4.66. The molecule has 1 unspecified atom stereocenters. The van der Waals surface area contributed by atoms with E-state index in [-0.39, 0.29) is 6.10 Å². The first-order valence-electron chi connectivity index (χ1n) is 9.54. The van der Waals surface area contributed by atoms with Gasteiger partial charge in [0.15, 0.2) is 0 Å². The largest absolute Gasteiger partial charge is 0.496 e. The summed E-state index contributed by atoms with van der Waals surface area (Å²) >= 11 is 0. The Morgan fingerprint density at radius 3 is 2.79 bits per heavy atom. The minimum Gasteiger partial charge on any atom is -0.496 e. The molecule has 0 aromatic heterocycles. The lowest BCUT2D eigenvalue weighted by Crippen LogP contribution is -2.40. The van der Waals surface area contributed by atoms with Gasteiger partial charge in [-0.15, -0.1) is 0 Å². The number of fused-ring (bicyclic) bond motifs is 2. The lowest BCUT2D eigenvalue weighted by molar-refractivity contribution is -0.0946. The Hall–Kier alpha value is -1.06. The van der Waals surface area contributed by atoms with Crippen LogP contribution in [0.5, 0.6) is 5.75 Å². The van der Waals surface area contributed by atoms with Gasteiger partial charge in [-0.25, -0.2) is 0 Å². The lowest BCUT2D eigenvalue weighted by Gasteiger charge is -2.39. The van der Waals surface area contributed by atoms with E-state index in [0.717, 1.165) is 30.9 Å². The van der Waals surface area contributed by atoms with Crippen LogP contribution in [0, 0.1) is 11.8 Å². The molecule has 134 valence electrons. The van der Waals surface area contributed by atoms with Gasteiger partial charge >= 0.3 is 0 Å². The zero-order chi connectivity index (χ0) is 16.9. The van der Waals surface area contributed by atoms with Crippen LogP contribution in [-0.2, 0) is 22.3 Å². The second-order valence-corrected chi connectivity index (χ2v) is 7.49. The van der Waals surface area contributed by atoms with Crippen LogP contribution in [0.1, 0.15) is 50.2 Å². The monoisotopic (exact) mass is 332 g/mol. The first-order valence-corrected chi connectivity index (χ1v) is 9.54. The van der Waals surface area contributed by atoms with Crippen molar-refractivity contribution >= 4 is 0 Å². The molecule has 1 saturated heterocycles. The summed E-state index contributed by atoms with van der Waals surface area (Å²) in [5.74, 6) is 2.43. The molecule has 1 aromatic carbocycles. The van der Waals surface area contributed by atoms with Crippen LogP contribution >= 0.6 is 0 Å². The first-order chi connectivity index (χ1) is 11.7. The maximum Gasteiger partial charge on any atom is 0.122 e. The molecule has 24 heavy (non-hydrogen) atoms. The first kappa shape index (κ1) is 17.8. The highest BCUT2D eigenvalue weighted by atomic mass is 16.5. The fraction of sp³-hybridized carbons (Fsp3) is 0.714. The maximum absolute atomic E-state index is 6.59. The van der Waals surface area contributed by atoms with Gasteiger partial charge in [0.1, 0.15) is 5.75 Å². The van der Waals surface area contributed by atoms with Crippen molar-refractivity contribution in [2.75, 3.05) is 20.8 Å². The SMILES string of the molecule is CCC[C@@H]1CCC2Cc3cccc(OC)c3C[C@H]2O[C@@H](COC)C1. The second-order valence-electron chi connectivity index (χ2n) is 7.49. The Kier molecular flexibility index (Phi) is 6.18. The van der Waals surface area contributed by atoms with Gasteiger partial charge < -0.3 is 14.2 Å². The van der Waals surface area contributed by atoms with Crippen molar-refractivity contribution in [2.45, 2.75) is 64.1 Å². The molecule has 0 bridgehead atoms. The zero-order valence-corrected chi connectivity index (χ0v) is 15.4. The number of methoxy groups -OCH3 is 2. The summed E-state index contributed by atoms with van der Waals surface area (Å²) in [6.07, 6.45) is 8.96. The highest BCUT2D eigenvalue weighted by Gasteiger charge is 2.35. The van der Waals surface area contributed by atoms with E-state index in [9.17, 15) is 0 Å². The third-order valence-corrected chi connectivity index (χ3v) is 5.82. The molecule has 1 aromatic rings. The van der Waals surface area contributed by atoms with E-state index in [1.807, 2.05) is 0 Å². The second kappa shape index (κ2) is 8.35. The summed E-state index contributed by atoms with van der Waals surface area (Å²) in [5.41, 5.74) is 2.80. The van der Waals surface area contributed by atoms with Crippen molar-refractivity contribution in [2.24, 2.45) is 11.8 Å². The van der Waals surface area contributed by atoms with E-state index >= 15 is 0 Å². The van der Waals surface area contributed by atoms with E-state index in [4.69, 9.17) is 14.2 Å². The average molecular weight is 332 g/mol. The molecule has 1 fully saturated rings. The predicted octanol–water partition coefficient (Wildman–Crippen LogP) is 4.41. The molecule has 0 saturated carbocycles. The molecule has 2 aliphatic rings. The Morgan fingerprint density at radius 1 is 1.17 bits per heavy atom. The summed E-state index contributed by atoms with van der Waals surface area (Å²) < 4.78 is 17.6. The third-order valence-electron chi connectivity index (χ3n) is 5.82. The van der Waals surface area contributed by atoms with Crippen molar-refractivity contribution in [3.8, 4) is 5.75 Å². The molecule has 0 radical (unpaired) electrons. The topological polar surface area (TPSA) is 27.7 Å². The molecule has 1 aliphatic carbocycles. The minimum absolute atomic E-state index is 0.232. The van der Waals surface area contributed by atoms with Gasteiger partial charge in [-0.2, -0.15) is 0 Å². The van der Waals surface area contributed by atoms with Crippen LogP contribution in [0.3, 0.4) is 0 Å². The van der Waals surface area contributed by atoms with Gasteiger partial charge in [-0.1, -0.05) is 31.9 Å². The number of rotatable bonds is 5. The van der Waals surface area contributed by atoms with Crippen LogP contribution in [0.25, 0.3) is 0 Å². The smallest absolute Gasteiger partial charge is 0.122 e. The van der Waals surface area contributed by atoms with Crippen molar-refractivity contribution < 1.29 is 14.2 Å². The molecule has 4 atom stereocenters. The molecular weight excluding hydrogens is 300 g/mol. The molecule has 0 spiro atoms. The third kappa shape index (κ3) is 3.94. The lowest BCUT2D eigenvalue weighted by atomic mass is 9.76. The summed E-state index contributed by atoms with van der Waals surface area (Å²) in [5, 5.41) is 0. The quantitative estimate of drug-likeness (QED) is 0.799. The van der Waals surface area contributed by atoms with Gasteiger partial charge in [-0.05, 0) is 54.7 Å². The van der Waals surface area contributed by atoms with Crippen LogP contribution in [-0.4, -0.2) is 33.0 Å². The Bertz CT molecular complexity index is 528. The fourth-order valence-corrected chi connectivity index (χ4v) is 4.66. The molecule has 3 rings (SSSR count). The molecule has 0 N–H and O–H groups in total. The van der Waals surface area contributed by atoms with Gasteiger partial charge in [0.25, 0.3) is 0 Å². The molecular formula is C21H32O3. The van der Waals surface area contributed by atoms with Gasteiger partial charge in [0.05, 0.1) is 25.9 Å². The summed E-state index contributed by atoms with van der Waals surface area (Å²) in [6, 6.07) is 6.46. The Labute approximate surface area is 146 Å². The van der Waals surface area contributed by atoms with Crippen molar-refractivity contribution in [3.05, 3.63) is 29.3 Å².